The summed E-state index contributed by atoms with van der Waals surface area (Å²) in [4.78, 5) is 28.5. The van der Waals surface area contributed by atoms with Crippen LogP contribution in [0.4, 0.5) is 4.79 Å². The van der Waals surface area contributed by atoms with Gasteiger partial charge in [-0.2, -0.15) is 0 Å². The van der Waals surface area contributed by atoms with E-state index < -0.39 is 0 Å². The van der Waals surface area contributed by atoms with E-state index in [1.807, 2.05) is 54.3 Å². The highest BCUT2D eigenvalue weighted by atomic mass is 16.6. The number of carbonyl (C=O) groups is 2. The predicted octanol–water partition coefficient (Wildman–Crippen LogP) is 3.27. The average Bonchev–Trinajstić information content (AvgIpc) is 2.91. The first-order valence-corrected chi connectivity index (χ1v) is 8.97. The van der Waals surface area contributed by atoms with Crippen LogP contribution in [0.3, 0.4) is 0 Å². The van der Waals surface area contributed by atoms with E-state index in [-0.39, 0.29) is 12.0 Å². The fourth-order valence-electron chi connectivity index (χ4n) is 3.09. The first kappa shape index (κ1) is 18.0. The Kier molecular flexibility index (Phi) is 5.89. The second kappa shape index (κ2) is 8.52. The maximum atomic E-state index is 12.6. The molecule has 1 heterocycles. The van der Waals surface area contributed by atoms with Gasteiger partial charge in [0.15, 0.2) is 0 Å². The summed E-state index contributed by atoms with van der Waals surface area (Å²) >= 11 is 0. The van der Waals surface area contributed by atoms with Crippen LogP contribution >= 0.6 is 0 Å². The van der Waals surface area contributed by atoms with Crippen LogP contribution in [0.15, 0.2) is 54.6 Å². The van der Waals surface area contributed by atoms with E-state index in [0.29, 0.717) is 38.3 Å². The zero-order chi connectivity index (χ0) is 18.4. The Bertz CT molecular complexity index is 761. The van der Waals surface area contributed by atoms with Crippen LogP contribution in [-0.4, -0.2) is 48.0 Å². The lowest BCUT2D eigenvalue weighted by molar-refractivity contribution is -0.130. The molecule has 0 saturated carbocycles. The van der Waals surface area contributed by atoms with Gasteiger partial charge in [-0.05, 0) is 36.6 Å². The number of rotatable bonds is 3. The van der Waals surface area contributed by atoms with E-state index in [2.05, 4.69) is 0 Å². The third-order valence-corrected chi connectivity index (χ3v) is 4.66. The molecule has 0 unspecified atom stereocenters. The molecule has 0 aliphatic carbocycles. The van der Waals surface area contributed by atoms with E-state index >= 15 is 0 Å². The normalized spacial score (nSPS) is 14.7. The molecule has 5 nitrogen and oxygen atoms in total. The molecule has 26 heavy (non-hydrogen) atoms. The van der Waals surface area contributed by atoms with Crippen LogP contribution < -0.4 is 4.74 Å². The zero-order valence-electron chi connectivity index (χ0n) is 15.1. The summed E-state index contributed by atoms with van der Waals surface area (Å²) < 4.78 is 5.40. The van der Waals surface area contributed by atoms with Gasteiger partial charge in [0.1, 0.15) is 5.75 Å². The molecular formula is C21H24N2O3. The SMILES string of the molecule is Cc1ccccc1CC(=O)N1CCCN(C(=O)Oc2ccccc2)CC1. The van der Waals surface area contributed by atoms with Gasteiger partial charge >= 0.3 is 6.09 Å². The largest absolute Gasteiger partial charge is 0.415 e. The van der Waals surface area contributed by atoms with Crippen molar-refractivity contribution in [2.45, 2.75) is 19.8 Å². The topological polar surface area (TPSA) is 49.9 Å². The molecule has 2 aromatic rings. The van der Waals surface area contributed by atoms with Crippen LogP contribution in [0.5, 0.6) is 5.75 Å². The fraction of sp³-hybridized carbons (Fsp3) is 0.333. The van der Waals surface area contributed by atoms with Crippen molar-refractivity contribution in [2.24, 2.45) is 0 Å². The number of para-hydroxylation sites is 1. The van der Waals surface area contributed by atoms with Gasteiger partial charge in [-0.25, -0.2) is 4.79 Å². The van der Waals surface area contributed by atoms with E-state index in [4.69, 9.17) is 4.74 Å². The van der Waals surface area contributed by atoms with Gasteiger partial charge in [0.2, 0.25) is 5.91 Å². The van der Waals surface area contributed by atoms with Gasteiger partial charge in [0.05, 0.1) is 6.42 Å². The summed E-state index contributed by atoms with van der Waals surface area (Å²) in [7, 11) is 0. The van der Waals surface area contributed by atoms with E-state index in [1.165, 1.54) is 0 Å². The first-order chi connectivity index (χ1) is 12.6. The Morgan fingerprint density at radius 1 is 0.885 bits per heavy atom. The Morgan fingerprint density at radius 2 is 1.54 bits per heavy atom. The van der Waals surface area contributed by atoms with Crippen molar-refractivity contribution in [3.05, 3.63) is 65.7 Å². The molecule has 3 rings (SSSR count). The monoisotopic (exact) mass is 352 g/mol. The average molecular weight is 352 g/mol. The molecule has 0 bridgehead atoms. The number of hydrogen-bond donors (Lipinski definition) is 0. The lowest BCUT2D eigenvalue weighted by Crippen LogP contribution is -2.39. The molecule has 136 valence electrons. The Labute approximate surface area is 154 Å². The second-order valence-electron chi connectivity index (χ2n) is 6.51. The van der Waals surface area contributed by atoms with Crippen molar-refractivity contribution in [1.82, 2.24) is 9.80 Å². The summed E-state index contributed by atoms with van der Waals surface area (Å²) in [5, 5.41) is 0. The molecule has 1 fully saturated rings. The highest BCUT2D eigenvalue weighted by Crippen LogP contribution is 2.14. The first-order valence-electron chi connectivity index (χ1n) is 8.97. The molecule has 1 aliphatic rings. The number of benzene rings is 2. The van der Waals surface area contributed by atoms with Crippen molar-refractivity contribution in [1.29, 1.82) is 0 Å². The number of aryl methyl sites for hydroxylation is 1. The molecule has 0 spiro atoms. The van der Waals surface area contributed by atoms with Gasteiger partial charge in [0, 0.05) is 26.2 Å². The minimum Gasteiger partial charge on any atom is -0.410 e. The van der Waals surface area contributed by atoms with Crippen molar-refractivity contribution in [2.75, 3.05) is 26.2 Å². The number of ether oxygens (including phenoxy) is 1. The molecule has 1 saturated heterocycles. The summed E-state index contributed by atoms with van der Waals surface area (Å²) in [6.07, 6.45) is 0.800. The van der Waals surface area contributed by atoms with E-state index in [9.17, 15) is 9.59 Å². The minimum absolute atomic E-state index is 0.109. The van der Waals surface area contributed by atoms with E-state index in [1.54, 1.807) is 17.0 Å². The molecule has 0 atom stereocenters. The van der Waals surface area contributed by atoms with Gasteiger partial charge in [-0.15, -0.1) is 0 Å². The molecule has 0 radical (unpaired) electrons. The van der Waals surface area contributed by atoms with Gasteiger partial charge in [-0.1, -0.05) is 42.5 Å². The standard InChI is InChI=1S/C21H24N2O3/c1-17-8-5-6-9-18(17)16-20(24)22-12-7-13-23(15-14-22)21(25)26-19-10-3-2-4-11-19/h2-6,8-11H,7,12-16H2,1H3. The van der Waals surface area contributed by atoms with Gasteiger partial charge in [0.25, 0.3) is 0 Å². The maximum absolute atomic E-state index is 12.6. The number of hydrogen-bond acceptors (Lipinski definition) is 3. The Hall–Kier alpha value is -2.82. The lowest BCUT2D eigenvalue weighted by atomic mass is 10.1. The Morgan fingerprint density at radius 3 is 2.31 bits per heavy atom. The van der Waals surface area contributed by atoms with Gasteiger partial charge in [-0.3, -0.25) is 4.79 Å². The minimum atomic E-state index is -0.357. The number of nitrogens with zero attached hydrogens (tertiary/aromatic N) is 2. The second-order valence-corrected chi connectivity index (χ2v) is 6.51. The highest BCUT2D eigenvalue weighted by Gasteiger charge is 2.23. The third-order valence-electron chi connectivity index (χ3n) is 4.66. The molecule has 2 aromatic carbocycles. The molecule has 1 aliphatic heterocycles. The van der Waals surface area contributed by atoms with E-state index in [0.717, 1.165) is 17.5 Å². The summed E-state index contributed by atoms with van der Waals surface area (Å²) in [5.74, 6) is 0.645. The van der Waals surface area contributed by atoms with Gasteiger partial charge < -0.3 is 14.5 Å². The van der Waals surface area contributed by atoms with Crippen molar-refractivity contribution in [3.63, 3.8) is 0 Å². The Balaban J connectivity index is 1.55. The molecule has 0 N–H and O–H groups in total. The highest BCUT2D eigenvalue weighted by molar-refractivity contribution is 5.79. The van der Waals surface area contributed by atoms with Crippen LogP contribution in [0, 0.1) is 6.92 Å². The quantitative estimate of drug-likeness (QED) is 0.852. The predicted molar refractivity (Wildman–Crippen MR) is 100 cm³/mol. The molecule has 5 heteroatoms. The summed E-state index contributed by atoms with van der Waals surface area (Å²) in [6, 6.07) is 17.0. The summed E-state index contributed by atoms with van der Waals surface area (Å²) in [6.45, 7) is 4.31. The zero-order valence-corrected chi connectivity index (χ0v) is 15.1. The molecule has 2 amide bonds. The summed E-state index contributed by atoms with van der Waals surface area (Å²) in [5.41, 5.74) is 2.19. The van der Waals surface area contributed by atoms with Crippen LogP contribution in [0.1, 0.15) is 17.5 Å². The van der Waals surface area contributed by atoms with Crippen molar-refractivity contribution >= 4 is 12.0 Å². The van der Waals surface area contributed by atoms with Crippen LogP contribution in [-0.2, 0) is 11.2 Å². The lowest BCUT2D eigenvalue weighted by Gasteiger charge is -2.22. The number of carbonyl (C=O) groups excluding carboxylic acids is 2. The van der Waals surface area contributed by atoms with Crippen LogP contribution in [0.25, 0.3) is 0 Å². The molecule has 0 aromatic heterocycles. The fourth-order valence-corrected chi connectivity index (χ4v) is 3.09. The maximum Gasteiger partial charge on any atom is 0.415 e. The third kappa shape index (κ3) is 4.63. The van der Waals surface area contributed by atoms with Crippen molar-refractivity contribution < 1.29 is 14.3 Å². The smallest absolute Gasteiger partial charge is 0.410 e. The molecular weight excluding hydrogens is 328 g/mol. The number of amides is 2. The van der Waals surface area contributed by atoms with Crippen LogP contribution in [0.2, 0.25) is 0 Å². The van der Waals surface area contributed by atoms with Crippen molar-refractivity contribution in [3.8, 4) is 5.75 Å².